The molecule has 0 aromatic carbocycles. The summed E-state index contributed by atoms with van der Waals surface area (Å²) in [7, 11) is 2.98. The second-order valence-electron chi connectivity index (χ2n) is 4.38. The molecule has 3 nitrogen and oxygen atoms in total. The fourth-order valence-electron chi connectivity index (χ4n) is 1.72. The Bertz CT molecular complexity index is 346. The monoisotopic (exact) mass is 240 g/mol. The predicted molar refractivity (Wildman–Crippen MR) is 67.5 cm³/mol. The van der Waals surface area contributed by atoms with E-state index in [0.29, 0.717) is 12.1 Å². The van der Waals surface area contributed by atoms with Gasteiger partial charge in [0.05, 0.1) is 12.1 Å². The minimum Gasteiger partial charge on any atom is -0.623 e. The van der Waals surface area contributed by atoms with Crippen LogP contribution in [0.3, 0.4) is 0 Å². The van der Waals surface area contributed by atoms with Crippen LogP contribution in [0, 0.1) is 13.8 Å². The molecule has 0 amide bonds. The highest BCUT2D eigenvalue weighted by Gasteiger charge is 2.19. The van der Waals surface area contributed by atoms with Gasteiger partial charge in [0, 0.05) is 13.8 Å². The lowest BCUT2D eigenvalue weighted by molar-refractivity contribution is -0.721. The van der Waals surface area contributed by atoms with Crippen LogP contribution < -0.4 is 4.57 Å². The number of aromatic nitrogens is 2. The maximum Gasteiger partial charge on any atom is 0.244 e. The minimum absolute atomic E-state index is 0.554. The molecule has 0 aliphatic heterocycles. The van der Waals surface area contributed by atoms with E-state index >= 15 is 0 Å². The molecule has 0 N–H and O–H groups in total. The van der Waals surface area contributed by atoms with Gasteiger partial charge in [-0.2, -0.15) is 0 Å². The normalized spacial score (nSPS) is 10.0. The van der Waals surface area contributed by atoms with Crippen molar-refractivity contribution < 1.29 is 9.36 Å². The fraction of sp³-hybridized carbons (Fsp3) is 0.667. The van der Waals surface area contributed by atoms with E-state index in [9.17, 15) is 0 Å². The molecule has 1 rings (SSSR count). The third kappa shape index (κ3) is 3.59. The van der Waals surface area contributed by atoms with Crippen LogP contribution in [-0.4, -0.2) is 10.2 Å². The summed E-state index contributed by atoms with van der Waals surface area (Å²) in [6.07, 6.45) is 2.22. The van der Waals surface area contributed by atoms with E-state index in [1.165, 1.54) is 17.0 Å². The van der Waals surface area contributed by atoms with Gasteiger partial charge in [0.2, 0.25) is 6.33 Å². The molecule has 4 heteroatoms. The Labute approximate surface area is 100 Å². The SMILES string of the molecule is Cc1c(C)[n+](C(C)C)cn1C(C)C.O=C=[P-]. The number of imidazole rings is 1. The van der Waals surface area contributed by atoms with E-state index in [1.807, 2.05) is 0 Å². The summed E-state index contributed by atoms with van der Waals surface area (Å²) in [5, 5.41) is 0. The van der Waals surface area contributed by atoms with Gasteiger partial charge in [0.1, 0.15) is 11.4 Å². The molecule has 0 fully saturated rings. The maximum atomic E-state index is 8.54. The van der Waals surface area contributed by atoms with Crippen molar-refractivity contribution in [2.24, 2.45) is 0 Å². The van der Waals surface area contributed by atoms with E-state index in [-0.39, 0.29) is 0 Å². The molecule has 0 atom stereocenters. The molecule has 1 heterocycles. The van der Waals surface area contributed by atoms with Gasteiger partial charge in [-0.3, -0.25) is 4.79 Å². The quantitative estimate of drug-likeness (QED) is 0.576. The van der Waals surface area contributed by atoms with Crippen LogP contribution in [-0.2, 0) is 4.79 Å². The summed E-state index contributed by atoms with van der Waals surface area (Å²) < 4.78 is 4.66. The van der Waals surface area contributed by atoms with Crippen molar-refractivity contribution in [1.29, 1.82) is 0 Å². The molecule has 0 radical (unpaired) electrons. The number of hydrogen-bond donors (Lipinski definition) is 0. The van der Waals surface area contributed by atoms with Crippen molar-refractivity contribution in [2.75, 3.05) is 0 Å². The van der Waals surface area contributed by atoms with Crippen LogP contribution in [0.4, 0.5) is 0 Å². The first-order valence-electron chi connectivity index (χ1n) is 5.47. The number of carbonyl (C=O) groups excluding carboxylic acids is 1. The van der Waals surface area contributed by atoms with Crippen LogP contribution in [0.5, 0.6) is 0 Å². The highest BCUT2D eigenvalue weighted by molar-refractivity contribution is 7.16. The lowest BCUT2D eigenvalue weighted by Gasteiger charge is -2.01. The Morgan fingerprint density at radius 3 is 1.94 bits per heavy atom. The smallest absolute Gasteiger partial charge is 0.244 e. The first kappa shape index (κ1) is 15.1. The number of nitrogens with zero attached hydrogens (tertiary/aromatic N) is 2. The molecule has 90 valence electrons. The average Bonchev–Trinajstić information content (AvgIpc) is 2.45. The van der Waals surface area contributed by atoms with Gasteiger partial charge in [-0.05, 0) is 27.7 Å². The molecule has 0 saturated heterocycles. The summed E-state index contributed by atoms with van der Waals surface area (Å²) in [6, 6.07) is 1.11. The number of hydrogen-bond acceptors (Lipinski definition) is 1. The second-order valence-corrected chi connectivity index (χ2v) is 4.56. The van der Waals surface area contributed by atoms with Crippen molar-refractivity contribution in [1.82, 2.24) is 4.57 Å². The molecule has 0 aliphatic carbocycles. The first-order valence-corrected chi connectivity index (χ1v) is 5.91. The van der Waals surface area contributed by atoms with Crippen molar-refractivity contribution in [3.05, 3.63) is 17.7 Å². The highest BCUT2D eigenvalue weighted by Crippen LogP contribution is 2.12. The van der Waals surface area contributed by atoms with E-state index in [2.05, 4.69) is 65.9 Å². The van der Waals surface area contributed by atoms with Crippen LogP contribution in [0.15, 0.2) is 6.33 Å². The second kappa shape index (κ2) is 6.62. The van der Waals surface area contributed by atoms with Crippen molar-refractivity contribution in [3.8, 4) is 0 Å². The fourth-order valence-corrected chi connectivity index (χ4v) is 1.72. The Morgan fingerprint density at radius 2 is 1.75 bits per heavy atom. The summed E-state index contributed by atoms with van der Waals surface area (Å²) in [6.45, 7) is 13.3. The molecule has 0 aliphatic rings. The van der Waals surface area contributed by atoms with Gasteiger partial charge >= 0.3 is 0 Å². The highest BCUT2D eigenvalue weighted by atomic mass is 31.0. The van der Waals surface area contributed by atoms with Crippen LogP contribution in [0.25, 0.3) is 0 Å². The Balaban J connectivity index is 0.000000673. The topological polar surface area (TPSA) is 25.9 Å². The van der Waals surface area contributed by atoms with E-state index in [4.69, 9.17) is 4.79 Å². The lowest BCUT2D eigenvalue weighted by Crippen LogP contribution is -2.37. The Kier molecular flexibility index (Phi) is 6.25. The van der Waals surface area contributed by atoms with E-state index in [0.717, 1.165) is 0 Å². The van der Waals surface area contributed by atoms with Crippen LogP contribution in [0.1, 0.15) is 51.2 Å². The molecule has 0 bridgehead atoms. The van der Waals surface area contributed by atoms with Gasteiger partial charge in [-0.25, -0.2) is 9.13 Å². The third-order valence-electron chi connectivity index (χ3n) is 2.66. The predicted octanol–water partition coefficient (Wildman–Crippen LogP) is 3.02. The summed E-state index contributed by atoms with van der Waals surface area (Å²) >= 11 is 0. The maximum absolute atomic E-state index is 8.54. The van der Waals surface area contributed by atoms with Crippen molar-refractivity contribution in [3.63, 3.8) is 0 Å². The molecule has 1 aromatic rings. The Hall–Kier alpha value is -0.910. The third-order valence-corrected chi connectivity index (χ3v) is 2.66. The van der Waals surface area contributed by atoms with Gasteiger partial charge in [0.15, 0.2) is 0 Å². The molecular formula is C12H21N2OP. The Morgan fingerprint density at radius 1 is 1.31 bits per heavy atom. The molecule has 0 spiro atoms. The molecular weight excluding hydrogens is 219 g/mol. The average molecular weight is 240 g/mol. The largest absolute Gasteiger partial charge is 0.623 e. The summed E-state index contributed by atoms with van der Waals surface area (Å²) in [5.41, 5.74) is 3.95. The standard InChI is InChI=1S/C11H21N2.COP/c1-8(2)12-7-13(9(3)4)11(6)10(12)5;2-1-3/h7-9H,1-6H3;/q+1;-1. The zero-order valence-corrected chi connectivity index (χ0v) is 11.9. The van der Waals surface area contributed by atoms with Crippen molar-refractivity contribution >= 4 is 14.5 Å². The summed E-state index contributed by atoms with van der Waals surface area (Å²) in [5.74, 6) is 0. The molecule has 0 saturated carbocycles. The van der Waals surface area contributed by atoms with Crippen LogP contribution in [0.2, 0.25) is 0 Å². The van der Waals surface area contributed by atoms with E-state index in [1.54, 1.807) is 0 Å². The van der Waals surface area contributed by atoms with Gasteiger partial charge in [-0.15, -0.1) is 5.66 Å². The zero-order valence-electron chi connectivity index (χ0n) is 11.0. The summed E-state index contributed by atoms with van der Waals surface area (Å²) in [4.78, 5) is 8.54. The first-order chi connectivity index (χ1) is 7.36. The minimum atomic E-state index is 0.554. The van der Waals surface area contributed by atoms with Gasteiger partial charge in [0.25, 0.3) is 0 Å². The van der Waals surface area contributed by atoms with Gasteiger partial charge in [-0.1, -0.05) is 0 Å². The zero-order chi connectivity index (χ0) is 12.9. The molecule has 16 heavy (non-hydrogen) atoms. The molecule has 1 aromatic heterocycles. The van der Waals surface area contributed by atoms with Gasteiger partial charge < -0.3 is 8.86 Å². The number of rotatable bonds is 2. The van der Waals surface area contributed by atoms with E-state index < -0.39 is 0 Å². The lowest BCUT2D eigenvalue weighted by atomic mass is 10.3. The molecule has 0 unspecified atom stereocenters. The van der Waals surface area contributed by atoms with Crippen LogP contribution >= 0.6 is 8.86 Å². The van der Waals surface area contributed by atoms with Crippen molar-refractivity contribution in [2.45, 2.75) is 53.6 Å².